The molecule has 43 heavy (non-hydrogen) atoms. The van der Waals surface area contributed by atoms with Crippen LogP contribution in [0.2, 0.25) is 0 Å². The Morgan fingerprint density at radius 3 is 2.44 bits per heavy atom. The maximum absolute atomic E-state index is 13.6. The zero-order valence-corrected chi connectivity index (χ0v) is 25.6. The fraction of sp³-hybridized carbons (Fsp3) is 0.567. The molecule has 2 N–H and O–H groups in total. The molecule has 2 atom stereocenters. The van der Waals surface area contributed by atoms with E-state index in [4.69, 9.17) is 14.2 Å². The van der Waals surface area contributed by atoms with Gasteiger partial charge in [0.25, 0.3) is 11.5 Å². The van der Waals surface area contributed by atoms with Crippen LogP contribution in [-0.4, -0.2) is 76.3 Å². The predicted octanol–water partition coefficient (Wildman–Crippen LogP) is 4.04. The Balaban J connectivity index is 1.50. The monoisotopic (exact) mass is 595 g/mol. The van der Waals surface area contributed by atoms with Gasteiger partial charge in [0, 0.05) is 39.6 Å². The fourth-order valence-electron chi connectivity index (χ4n) is 5.59. The van der Waals surface area contributed by atoms with Gasteiger partial charge in [-0.25, -0.2) is 14.3 Å². The van der Waals surface area contributed by atoms with Gasteiger partial charge in [-0.05, 0) is 71.4 Å². The summed E-state index contributed by atoms with van der Waals surface area (Å²) in [6, 6.07) is 5.07. The number of methoxy groups -OCH3 is 2. The highest BCUT2D eigenvalue weighted by atomic mass is 16.6. The summed E-state index contributed by atoms with van der Waals surface area (Å²) in [7, 11) is 4.90. The maximum atomic E-state index is 13.6. The Morgan fingerprint density at radius 2 is 1.81 bits per heavy atom. The van der Waals surface area contributed by atoms with Crippen molar-refractivity contribution in [3.8, 4) is 0 Å². The minimum absolute atomic E-state index is 0.0491. The van der Waals surface area contributed by atoms with Crippen LogP contribution in [0.25, 0.3) is 5.65 Å². The molecule has 0 aliphatic heterocycles. The third-order valence-electron chi connectivity index (χ3n) is 8.15. The molecule has 0 unspecified atom stereocenters. The number of rotatable bonds is 8. The van der Waals surface area contributed by atoms with E-state index in [1.807, 2.05) is 6.07 Å². The Bertz CT molecular complexity index is 1530. The first-order valence-corrected chi connectivity index (χ1v) is 14.7. The quantitative estimate of drug-likeness (QED) is 0.395. The lowest BCUT2D eigenvalue weighted by atomic mass is 9.89. The van der Waals surface area contributed by atoms with Crippen molar-refractivity contribution < 1.29 is 23.8 Å². The number of ether oxygens (including phenoxy) is 3. The minimum Gasteiger partial charge on any atom is -0.443 e. The number of carbonyl (C=O) groups excluding carboxylic acids is 2. The van der Waals surface area contributed by atoms with E-state index in [1.54, 1.807) is 64.9 Å². The lowest BCUT2D eigenvalue weighted by molar-refractivity contribution is 0.00718. The largest absolute Gasteiger partial charge is 0.443 e. The molecule has 0 bridgehead atoms. The molecule has 2 fully saturated rings. The molecule has 2 aliphatic carbocycles. The standard InChI is InChI=1S/C30H41N7O6/c1-30(2,3)43-29(40)35(4)22-16-25(32-21-8-7-15-36(28(21)39)18-9-11-19(41-5)12-10-18)34-37-23(17-31-26(22)37)27(38)33-20-13-14-24(20)42-6/h7-8,15-20,24H,9-14H2,1-6H3,(H,32,34)(H,33,38)/t18?,19?,20-,24-/m1/s1. The molecule has 2 aliphatic rings. The first-order valence-electron chi connectivity index (χ1n) is 14.7. The lowest BCUT2D eigenvalue weighted by Gasteiger charge is -2.35. The molecule has 5 rings (SSSR count). The van der Waals surface area contributed by atoms with Crippen molar-refractivity contribution >= 4 is 34.8 Å². The van der Waals surface area contributed by atoms with Crippen LogP contribution in [0.15, 0.2) is 35.4 Å². The van der Waals surface area contributed by atoms with Crippen molar-refractivity contribution in [1.29, 1.82) is 0 Å². The summed E-state index contributed by atoms with van der Waals surface area (Å²) in [5.74, 6) is -0.121. The van der Waals surface area contributed by atoms with E-state index < -0.39 is 11.7 Å². The Hall–Kier alpha value is -3.97. The Kier molecular flexibility index (Phi) is 8.74. The van der Waals surface area contributed by atoms with Crippen molar-refractivity contribution in [3.05, 3.63) is 46.6 Å². The Labute approximate surface area is 250 Å². The first-order chi connectivity index (χ1) is 20.5. The fourth-order valence-corrected chi connectivity index (χ4v) is 5.59. The molecule has 3 heterocycles. The molecule has 0 radical (unpaired) electrons. The number of pyridine rings is 1. The molecule has 3 aromatic rings. The van der Waals surface area contributed by atoms with Crippen LogP contribution < -0.4 is 21.1 Å². The molecule has 13 heteroatoms. The van der Waals surface area contributed by atoms with E-state index in [1.165, 1.54) is 15.6 Å². The van der Waals surface area contributed by atoms with E-state index in [0.29, 0.717) is 11.4 Å². The van der Waals surface area contributed by atoms with Crippen molar-refractivity contribution in [1.82, 2.24) is 24.5 Å². The molecule has 2 amide bonds. The summed E-state index contributed by atoms with van der Waals surface area (Å²) in [6.45, 7) is 5.34. The molecular formula is C30H41N7O6. The maximum Gasteiger partial charge on any atom is 0.414 e. The number of amides is 2. The molecule has 13 nitrogen and oxygen atoms in total. The lowest BCUT2D eigenvalue weighted by Crippen LogP contribution is -2.51. The van der Waals surface area contributed by atoms with Crippen molar-refractivity contribution in [2.24, 2.45) is 0 Å². The van der Waals surface area contributed by atoms with Crippen LogP contribution in [0.1, 0.15) is 75.8 Å². The minimum atomic E-state index is -0.728. The number of carbonyl (C=O) groups is 2. The van der Waals surface area contributed by atoms with Gasteiger partial charge in [-0.15, -0.1) is 5.10 Å². The highest BCUT2D eigenvalue weighted by Crippen LogP contribution is 2.30. The van der Waals surface area contributed by atoms with E-state index >= 15 is 0 Å². The molecule has 0 saturated heterocycles. The van der Waals surface area contributed by atoms with Crippen molar-refractivity contribution in [2.75, 3.05) is 31.5 Å². The zero-order valence-electron chi connectivity index (χ0n) is 25.6. The van der Waals surface area contributed by atoms with Crippen LogP contribution in [0, 0.1) is 0 Å². The van der Waals surface area contributed by atoms with Crippen LogP contribution in [-0.2, 0) is 14.2 Å². The number of nitrogens with zero attached hydrogens (tertiary/aromatic N) is 5. The number of hydrogen-bond acceptors (Lipinski definition) is 9. The van der Waals surface area contributed by atoms with Gasteiger partial charge in [0.15, 0.2) is 17.2 Å². The summed E-state index contributed by atoms with van der Waals surface area (Å²) in [5.41, 5.74) is 0.206. The SMILES string of the molecule is COC1CCC(n2cccc(Nc3cc(N(C)C(=O)OC(C)(C)C)c4ncc(C(=O)N[C@@H]5CC[C@H]5OC)n4n3)c2=O)CC1. The average molecular weight is 596 g/mol. The summed E-state index contributed by atoms with van der Waals surface area (Å²) in [4.78, 5) is 45.7. The third-order valence-corrected chi connectivity index (χ3v) is 8.15. The highest BCUT2D eigenvalue weighted by Gasteiger charge is 2.33. The van der Waals surface area contributed by atoms with Gasteiger partial charge < -0.3 is 29.4 Å². The second-order valence-corrected chi connectivity index (χ2v) is 12.2. The van der Waals surface area contributed by atoms with E-state index in [9.17, 15) is 14.4 Å². The van der Waals surface area contributed by atoms with Crippen molar-refractivity contribution in [3.63, 3.8) is 0 Å². The first kappa shape index (κ1) is 30.5. The number of hydrogen-bond donors (Lipinski definition) is 2. The molecule has 2 saturated carbocycles. The topological polar surface area (TPSA) is 141 Å². The van der Waals surface area contributed by atoms with Gasteiger partial charge >= 0.3 is 6.09 Å². The number of aromatic nitrogens is 4. The second kappa shape index (κ2) is 12.3. The smallest absolute Gasteiger partial charge is 0.414 e. The van der Waals surface area contributed by atoms with Gasteiger partial charge in [0.05, 0.1) is 30.1 Å². The van der Waals surface area contributed by atoms with Gasteiger partial charge in [-0.2, -0.15) is 0 Å². The number of imidazole rings is 1. The highest BCUT2D eigenvalue weighted by molar-refractivity contribution is 5.96. The second-order valence-electron chi connectivity index (χ2n) is 12.2. The van der Waals surface area contributed by atoms with E-state index in [-0.39, 0.29) is 52.9 Å². The molecule has 0 spiro atoms. The number of anilines is 3. The van der Waals surface area contributed by atoms with E-state index in [0.717, 1.165) is 38.5 Å². The van der Waals surface area contributed by atoms with Crippen LogP contribution in [0.4, 0.5) is 22.0 Å². The van der Waals surface area contributed by atoms with Crippen LogP contribution in [0.3, 0.4) is 0 Å². The van der Waals surface area contributed by atoms with E-state index in [2.05, 4.69) is 20.7 Å². The molecule has 3 aromatic heterocycles. The van der Waals surface area contributed by atoms with Gasteiger partial charge in [-0.1, -0.05) is 0 Å². The molecule has 0 aromatic carbocycles. The summed E-state index contributed by atoms with van der Waals surface area (Å²) >= 11 is 0. The summed E-state index contributed by atoms with van der Waals surface area (Å²) in [5, 5.41) is 10.8. The summed E-state index contributed by atoms with van der Waals surface area (Å²) < 4.78 is 19.6. The van der Waals surface area contributed by atoms with Gasteiger partial charge in [0.1, 0.15) is 11.3 Å². The third kappa shape index (κ3) is 6.52. The predicted molar refractivity (Wildman–Crippen MR) is 161 cm³/mol. The summed E-state index contributed by atoms with van der Waals surface area (Å²) in [6.07, 6.45) is 7.92. The van der Waals surface area contributed by atoms with Gasteiger partial charge in [0.2, 0.25) is 0 Å². The average Bonchev–Trinajstić information content (AvgIpc) is 3.39. The normalized spacial score (nSPS) is 22.1. The molecule has 232 valence electrons. The Morgan fingerprint density at radius 1 is 1.07 bits per heavy atom. The zero-order chi connectivity index (χ0) is 30.9. The number of fused-ring (bicyclic) bond motifs is 1. The van der Waals surface area contributed by atoms with Gasteiger partial charge in [-0.3, -0.25) is 14.5 Å². The van der Waals surface area contributed by atoms with Crippen molar-refractivity contribution in [2.45, 2.75) is 89.2 Å². The van der Waals surface area contributed by atoms with Crippen LogP contribution >= 0.6 is 0 Å². The van der Waals surface area contributed by atoms with Crippen LogP contribution in [0.5, 0.6) is 0 Å². The number of nitrogens with one attached hydrogen (secondary N) is 2. The molecular weight excluding hydrogens is 554 g/mol.